The third kappa shape index (κ3) is 2.69. The van der Waals surface area contributed by atoms with E-state index in [4.69, 9.17) is 11.6 Å². The molecule has 22 heavy (non-hydrogen) atoms. The molecule has 0 spiro atoms. The summed E-state index contributed by atoms with van der Waals surface area (Å²) < 4.78 is 26.3. The van der Waals surface area contributed by atoms with Crippen LogP contribution in [0, 0.1) is 0 Å². The van der Waals surface area contributed by atoms with Crippen LogP contribution in [0.5, 0.6) is 0 Å². The molecule has 116 valence electrons. The average molecular weight is 338 g/mol. The molecule has 0 radical (unpaired) electrons. The molecular formula is C15H16ClN3O2S. The van der Waals surface area contributed by atoms with E-state index < -0.39 is 10.2 Å². The maximum absolute atomic E-state index is 12.0. The number of hydrogen-bond acceptors (Lipinski definition) is 3. The molecule has 7 heteroatoms. The van der Waals surface area contributed by atoms with Gasteiger partial charge in [0.15, 0.2) is 0 Å². The van der Waals surface area contributed by atoms with Gasteiger partial charge in [-0.2, -0.15) is 12.7 Å². The smallest absolute Gasteiger partial charge is 0.236 e. The van der Waals surface area contributed by atoms with E-state index >= 15 is 0 Å². The first-order chi connectivity index (χ1) is 10.4. The van der Waals surface area contributed by atoms with Crippen LogP contribution in [0.15, 0.2) is 30.7 Å². The Morgan fingerprint density at radius 1 is 1.32 bits per heavy atom. The van der Waals surface area contributed by atoms with E-state index in [2.05, 4.69) is 4.98 Å². The van der Waals surface area contributed by atoms with Crippen LogP contribution in [0.25, 0.3) is 11.6 Å². The number of nitrogens with zero attached hydrogens (tertiary/aromatic N) is 3. The number of aryl methyl sites for hydroxylation is 1. The van der Waals surface area contributed by atoms with E-state index in [9.17, 15) is 8.42 Å². The molecule has 0 saturated heterocycles. The van der Waals surface area contributed by atoms with Crippen molar-refractivity contribution in [2.75, 3.05) is 14.1 Å². The van der Waals surface area contributed by atoms with E-state index in [1.54, 1.807) is 0 Å². The minimum Gasteiger partial charge on any atom is -0.236 e. The third-order valence-electron chi connectivity index (χ3n) is 3.71. The minimum atomic E-state index is -3.52. The Hall–Kier alpha value is -1.63. The lowest BCUT2D eigenvalue weighted by molar-refractivity contribution is 0.510. The fourth-order valence-electron chi connectivity index (χ4n) is 2.52. The van der Waals surface area contributed by atoms with Crippen LogP contribution in [0.1, 0.15) is 23.2 Å². The number of allylic oxidation sites excluding steroid dienone is 1. The Labute approximate surface area is 135 Å². The summed E-state index contributed by atoms with van der Waals surface area (Å²) in [5.74, 6) is 0. The van der Waals surface area contributed by atoms with Gasteiger partial charge >= 0.3 is 10.2 Å². The van der Waals surface area contributed by atoms with Crippen LogP contribution in [-0.2, 0) is 16.6 Å². The van der Waals surface area contributed by atoms with Crippen molar-refractivity contribution in [1.29, 1.82) is 0 Å². The number of hydrogen-bond donors (Lipinski definition) is 0. The predicted octanol–water partition coefficient (Wildman–Crippen LogP) is 2.68. The summed E-state index contributed by atoms with van der Waals surface area (Å²) in [6.45, 7) is 0. The van der Waals surface area contributed by atoms with Crippen molar-refractivity contribution in [3.8, 4) is 0 Å². The lowest BCUT2D eigenvalue weighted by atomic mass is 10.1. The first-order valence-electron chi connectivity index (χ1n) is 6.84. The Morgan fingerprint density at radius 3 is 2.82 bits per heavy atom. The van der Waals surface area contributed by atoms with Crippen molar-refractivity contribution in [1.82, 2.24) is 13.3 Å². The van der Waals surface area contributed by atoms with Gasteiger partial charge in [-0.15, -0.1) is 0 Å². The second kappa shape index (κ2) is 5.53. The van der Waals surface area contributed by atoms with Gasteiger partial charge in [0, 0.05) is 25.3 Å². The molecule has 0 bridgehead atoms. The number of fused-ring (bicyclic) bond motifs is 1. The summed E-state index contributed by atoms with van der Waals surface area (Å²) in [6, 6.07) is 5.85. The Balaban J connectivity index is 1.94. The van der Waals surface area contributed by atoms with Crippen LogP contribution >= 0.6 is 11.6 Å². The third-order valence-corrected chi connectivity index (χ3v) is 5.60. The molecular weight excluding hydrogens is 322 g/mol. The van der Waals surface area contributed by atoms with Crippen molar-refractivity contribution in [3.05, 3.63) is 52.6 Å². The Morgan fingerprint density at radius 2 is 2.09 bits per heavy atom. The maximum Gasteiger partial charge on any atom is 0.308 e. The van der Waals surface area contributed by atoms with Crippen LogP contribution < -0.4 is 0 Å². The molecule has 0 atom stereocenters. The molecule has 0 saturated carbocycles. The Bertz CT molecular complexity index is 853. The molecule has 0 unspecified atom stereocenters. The number of rotatable bonds is 3. The fraction of sp³-hybridized carbons (Fsp3) is 0.267. The summed E-state index contributed by atoms with van der Waals surface area (Å²) >= 11 is 6.01. The summed E-state index contributed by atoms with van der Waals surface area (Å²) in [7, 11) is -0.534. The summed E-state index contributed by atoms with van der Waals surface area (Å²) in [6.07, 6.45) is 6.62. The molecule has 0 fully saturated rings. The van der Waals surface area contributed by atoms with Crippen LogP contribution in [-0.4, -0.2) is 35.8 Å². The van der Waals surface area contributed by atoms with Crippen molar-refractivity contribution < 1.29 is 8.42 Å². The number of benzene rings is 1. The largest absolute Gasteiger partial charge is 0.308 e. The lowest BCUT2D eigenvalue weighted by Crippen LogP contribution is -2.27. The van der Waals surface area contributed by atoms with Gasteiger partial charge in [0.2, 0.25) is 0 Å². The molecule has 1 aliphatic carbocycles. The van der Waals surface area contributed by atoms with Gasteiger partial charge in [-0.1, -0.05) is 17.7 Å². The van der Waals surface area contributed by atoms with E-state index in [1.807, 2.05) is 24.3 Å². The molecule has 3 rings (SSSR count). The second-order valence-corrected chi connectivity index (χ2v) is 7.87. The molecule has 5 nitrogen and oxygen atoms in total. The SMILES string of the molecule is CN(C)S(=O)(=O)n1cnc(/C=C2\CCc3cc(Cl)ccc32)c1. The van der Waals surface area contributed by atoms with Crippen molar-refractivity contribution >= 4 is 33.5 Å². The van der Waals surface area contributed by atoms with Gasteiger partial charge in [-0.25, -0.2) is 8.96 Å². The molecule has 0 amide bonds. The normalized spacial score (nSPS) is 16.5. The quantitative estimate of drug-likeness (QED) is 0.865. The summed E-state index contributed by atoms with van der Waals surface area (Å²) in [5, 5.41) is 0.737. The second-order valence-electron chi connectivity index (χ2n) is 5.39. The van der Waals surface area contributed by atoms with E-state index in [0.29, 0.717) is 5.69 Å². The molecule has 2 aromatic rings. The first kappa shape index (κ1) is 15.3. The van der Waals surface area contributed by atoms with Crippen LogP contribution in [0.3, 0.4) is 0 Å². The highest BCUT2D eigenvalue weighted by atomic mass is 35.5. The van der Waals surface area contributed by atoms with Gasteiger partial charge in [0.1, 0.15) is 6.33 Å². The van der Waals surface area contributed by atoms with E-state index in [0.717, 1.165) is 37.3 Å². The monoisotopic (exact) mass is 337 g/mol. The van der Waals surface area contributed by atoms with Crippen molar-refractivity contribution in [2.24, 2.45) is 0 Å². The summed E-state index contributed by atoms with van der Waals surface area (Å²) in [5.41, 5.74) is 4.16. The Kier molecular flexibility index (Phi) is 3.84. The number of halogens is 1. The molecule has 1 aromatic carbocycles. The first-order valence-corrected chi connectivity index (χ1v) is 8.62. The summed E-state index contributed by atoms with van der Waals surface area (Å²) in [4.78, 5) is 4.17. The minimum absolute atomic E-state index is 0.628. The topological polar surface area (TPSA) is 55.2 Å². The standard InChI is InChI=1S/C15H16ClN3O2S/c1-18(2)22(20,21)19-9-14(17-10-19)8-12-4-3-11-7-13(16)5-6-15(11)12/h5-10H,3-4H2,1-2H3/b12-8+. The zero-order chi connectivity index (χ0) is 15.9. The highest BCUT2D eigenvalue weighted by Gasteiger charge is 2.19. The molecule has 1 heterocycles. The van der Waals surface area contributed by atoms with Crippen LogP contribution in [0.4, 0.5) is 0 Å². The molecule has 0 aliphatic heterocycles. The van der Waals surface area contributed by atoms with Gasteiger partial charge in [0.05, 0.1) is 5.69 Å². The van der Waals surface area contributed by atoms with E-state index in [-0.39, 0.29) is 0 Å². The van der Waals surface area contributed by atoms with Crippen LogP contribution in [0.2, 0.25) is 5.02 Å². The number of imidazole rings is 1. The molecule has 0 N–H and O–H groups in total. The van der Waals surface area contributed by atoms with Gasteiger partial charge in [-0.3, -0.25) is 0 Å². The molecule has 1 aliphatic rings. The van der Waals surface area contributed by atoms with Gasteiger partial charge in [0.25, 0.3) is 0 Å². The average Bonchev–Trinajstić information content (AvgIpc) is 3.07. The van der Waals surface area contributed by atoms with Crippen molar-refractivity contribution in [2.45, 2.75) is 12.8 Å². The van der Waals surface area contributed by atoms with Crippen molar-refractivity contribution in [3.63, 3.8) is 0 Å². The lowest BCUT2D eigenvalue weighted by Gasteiger charge is -2.10. The highest BCUT2D eigenvalue weighted by Crippen LogP contribution is 2.34. The maximum atomic E-state index is 12.0. The number of aromatic nitrogens is 2. The van der Waals surface area contributed by atoms with Gasteiger partial charge < -0.3 is 0 Å². The zero-order valence-corrected chi connectivity index (χ0v) is 13.9. The zero-order valence-electron chi connectivity index (χ0n) is 12.3. The van der Waals surface area contributed by atoms with Gasteiger partial charge in [-0.05, 0) is 47.8 Å². The molecule has 1 aromatic heterocycles. The predicted molar refractivity (Wildman–Crippen MR) is 87.9 cm³/mol. The van der Waals surface area contributed by atoms with E-state index in [1.165, 1.54) is 32.2 Å². The highest BCUT2D eigenvalue weighted by molar-refractivity contribution is 7.87. The fourth-order valence-corrected chi connectivity index (χ4v) is 3.50.